The van der Waals surface area contributed by atoms with Crippen molar-refractivity contribution in [3.63, 3.8) is 0 Å². The van der Waals surface area contributed by atoms with Crippen LogP contribution in [0.1, 0.15) is 23.0 Å². The molecule has 4 heteroatoms. The molecule has 0 aliphatic carbocycles. The summed E-state index contributed by atoms with van der Waals surface area (Å²) in [6, 6.07) is 1.27. The lowest BCUT2D eigenvalue weighted by Crippen LogP contribution is -2.12. The molecular weight excluding hydrogens is 170 g/mol. The van der Waals surface area contributed by atoms with E-state index in [9.17, 15) is 9.59 Å². The van der Waals surface area contributed by atoms with Crippen molar-refractivity contribution in [2.24, 2.45) is 0 Å². The molecule has 0 radical (unpaired) electrons. The molecule has 1 rings (SSSR count). The summed E-state index contributed by atoms with van der Waals surface area (Å²) in [6.07, 6.45) is 0. The zero-order valence-electron chi connectivity index (χ0n) is 7.80. The van der Waals surface area contributed by atoms with Gasteiger partial charge in [0.05, 0.1) is 12.7 Å². The van der Waals surface area contributed by atoms with E-state index in [4.69, 9.17) is 4.74 Å². The summed E-state index contributed by atoms with van der Waals surface area (Å²) >= 11 is 0. The number of ether oxygens (including phenoxy) is 1. The van der Waals surface area contributed by atoms with Gasteiger partial charge in [-0.2, -0.15) is 0 Å². The standard InChI is InChI=1S/C9H11NO3/c1-5-9(6(2)11)7(13-3)4-8(12)10-5/h4H,1-3H3,(H,10,12). The van der Waals surface area contributed by atoms with Gasteiger partial charge in [-0.25, -0.2) is 0 Å². The Bertz CT molecular complexity index is 392. The topological polar surface area (TPSA) is 59.2 Å². The molecule has 0 saturated heterocycles. The summed E-state index contributed by atoms with van der Waals surface area (Å²) in [4.78, 5) is 24.7. The molecular formula is C9H11NO3. The molecule has 0 saturated carbocycles. The summed E-state index contributed by atoms with van der Waals surface area (Å²) in [7, 11) is 1.43. The van der Waals surface area contributed by atoms with Crippen molar-refractivity contribution in [2.75, 3.05) is 7.11 Å². The van der Waals surface area contributed by atoms with Gasteiger partial charge >= 0.3 is 0 Å². The second-order valence-corrected chi connectivity index (χ2v) is 2.76. The number of carbonyl (C=O) groups excluding carboxylic acids is 1. The molecule has 0 spiro atoms. The molecule has 1 N–H and O–H groups in total. The van der Waals surface area contributed by atoms with Gasteiger partial charge in [0.1, 0.15) is 5.75 Å². The number of pyridine rings is 1. The lowest BCUT2D eigenvalue weighted by Gasteiger charge is -2.07. The summed E-state index contributed by atoms with van der Waals surface area (Å²) in [6.45, 7) is 3.10. The Hall–Kier alpha value is -1.58. The highest BCUT2D eigenvalue weighted by molar-refractivity contribution is 5.97. The van der Waals surface area contributed by atoms with Crippen molar-refractivity contribution in [3.05, 3.63) is 27.7 Å². The first-order valence-electron chi connectivity index (χ1n) is 3.85. The van der Waals surface area contributed by atoms with Crippen molar-refractivity contribution < 1.29 is 9.53 Å². The van der Waals surface area contributed by atoms with Crippen LogP contribution in [0.5, 0.6) is 5.75 Å². The van der Waals surface area contributed by atoms with Crippen LogP contribution in [-0.4, -0.2) is 17.9 Å². The van der Waals surface area contributed by atoms with Gasteiger partial charge in [0.25, 0.3) is 5.56 Å². The van der Waals surface area contributed by atoms with Crippen LogP contribution in [0.2, 0.25) is 0 Å². The largest absolute Gasteiger partial charge is 0.496 e. The number of aromatic nitrogens is 1. The summed E-state index contributed by atoms with van der Waals surface area (Å²) in [5, 5.41) is 0. The third kappa shape index (κ3) is 1.77. The van der Waals surface area contributed by atoms with Crippen LogP contribution in [0.3, 0.4) is 0 Å². The van der Waals surface area contributed by atoms with Crippen LogP contribution in [0.4, 0.5) is 0 Å². The molecule has 0 aliphatic heterocycles. The monoisotopic (exact) mass is 181 g/mol. The van der Waals surface area contributed by atoms with Gasteiger partial charge in [0.2, 0.25) is 0 Å². The Morgan fingerprint density at radius 2 is 2.15 bits per heavy atom. The van der Waals surface area contributed by atoms with Crippen molar-refractivity contribution in [3.8, 4) is 5.75 Å². The van der Waals surface area contributed by atoms with E-state index in [2.05, 4.69) is 4.98 Å². The highest BCUT2D eigenvalue weighted by Gasteiger charge is 2.11. The minimum absolute atomic E-state index is 0.120. The number of Topliss-reactive ketones (excluding diaryl/α,β-unsaturated/α-hetero) is 1. The maximum atomic E-state index is 11.2. The maximum Gasteiger partial charge on any atom is 0.251 e. The second kappa shape index (κ2) is 3.43. The number of carbonyl (C=O) groups is 1. The van der Waals surface area contributed by atoms with Crippen LogP contribution in [-0.2, 0) is 0 Å². The normalized spacial score (nSPS) is 9.77. The summed E-state index contributed by atoms with van der Waals surface area (Å²) < 4.78 is 4.93. The Morgan fingerprint density at radius 1 is 1.54 bits per heavy atom. The molecule has 0 amide bonds. The SMILES string of the molecule is COc1cc(=O)[nH]c(C)c1C(C)=O. The van der Waals surface area contributed by atoms with E-state index in [1.54, 1.807) is 6.92 Å². The first-order chi connectivity index (χ1) is 6.06. The highest BCUT2D eigenvalue weighted by atomic mass is 16.5. The molecule has 0 atom stereocenters. The van der Waals surface area contributed by atoms with E-state index in [0.29, 0.717) is 17.0 Å². The molecule has 0 aliphatic rings. The van der Waals surface area contributed by atoms with Gasteiger partial charge in [-0.05, 0) is 13.8 Å². The molecule has 4 nitrogen and oxygen atoms in total. The predicted octanol–water partition coefficient (Wildman–Crippen LogP) is 0.895. The van der Waals surface area contributed by atoms with Gasteiger partial charge in [-0.15, -0.1) is 0 Å². The van der Waals surface area contributed by atoms with E-state index in [0.717, 1.165) is 0 Å². The number of methoxy groups -OCH3 is 1. The lowest BCUT2D eigenvalue weighted by molar-refractivity contribution is 0.101. The number of hydrogen-bond donors (Lipinski definition) is 1. The third-order valence-corrected chi connectivity index (χ3v) is 1.77. The highest BCUT2D eigenvalue weighted by Crippen LogP contribution is 2.17. The van der Waals surface area contributed by atoms with E-state index >= 15 is 0 Å². The van der Waals surface area contributed by atoms with Crippen molar-refractivity contribution in [2.45, 2.75) is 13.8 Å². The molecule has 0 fully saturated rings. The number of ketones is 1. The minimum atomic E-state index is -0.264. The van der Waals surface area contributed by atoms with Gasteiger partial charge < -0.3 is 9.72 Å². The Kier molecular flexibility index (Phi) is 2.51. The third-order valence-electron chi connectivity index (χ3n) is 1.77. The van der Waals surface area contributed by atoms with Crippen LogP contribution >= 0.6 is 0 Å². The number of H-pyrrole nitrogens is 1. The summed E-state index contributed by atoms with van der Waals surface area (Å²) in [5.74, 6) is 0.208. The first kappa shape index (κ1) is 9.51. The Labute approximate surface area is 75.5 Å². The van der Waals surface area contributed by atoms with E-state index in [1.165, 1.54) is 20.1 Å². The van der Waals surface area contributed by atoms with Crippen molar-refractivity contribution in [1.29, 1.82) is 0 Å². The van der Waals surface area contributed by atoms with Crippen molar-refractivity contribution in [1.82, 2.24) is 4.98 Å². The fourth-order valence-electron chi connectivity index (χ4n) is 1.26. The van der Waals surface area contributed by atoms with Crippen LogP contribution in [0.25, 0.3) is 0 Å². The number of aromatic amines is 1. The maximum absolute atomic E-state index is 11.2. The molecule has 13 heavy (non-hydrogen) atoms. The average molecular weight is 181 g/mol. The van der Waals surface area contributed by atoms with Crippen LogP contribution in [0, 0.1) is 6.92 Å². The van der Waals surface area contributed by atoms with E-state index < -0.39 is 0 Å². The fourth-order valence-corrected chi connectivity index (χ4v) is 1.26. The molecule has 70 valence electrons. The molecule has 1 aromatic heterocycles. The summed E-state index contributed by atoms with van der Waals surface area (Å²) in [5.41, 5.74) is 0.707. The predicted molar refractivity (Wildman–Crippen MR) is 48.4 cm³/mol. The first-order valence-corrected chi connectivity index (χ1v) is 3.85. The van der Waals surface area contributed by atoms with Gasteiger partial charge in [-0.3, -0.25) is 9.59 Å². The smallest absolute Gasteiger partial charge is 0.251 e. The van der Waals surface area contributed by atoms with Crippen LogP contribution < -0.4 is 10.3 Å². The van der Waals surface area contributed by atoms with Crippen molar-refractivity contribution >= 4 is 5.78 Å². The Balaban J connectivity index is 3.47. The number of rotatable bonds is 2. The molecule has 0 unspecified atom stereocenters. The van der Waals surface area contributed by atoms with E-state index in [-0.39, 0.29) is 11.3 Å². The van der Waals surface area contributed by atoms with E-state index in [1.807, 2.05) is 0 Å². The van der Waals surface area contributed by atoms with Gasteiger partial charge in [0, 0.05) is 11.8 Å². The van der Waals surface area contributed by atoms with Crippen LogP contribution in [0.15, 0.2) is 10.9 Å². The fraction of sp³-hybridized carbons (Fsp3) is 0.333. The van der Waals surface area contributed by atoms with Gasteiger partial charge in [0.15, 0.2) is 5.78 Å². The second-order valence-electron chi connectivity index (χ2n) is 2.76. The molecule has 0 aromatic carbocycles. The molecule has 1 aromatic rings. The Morgan fingerprint density at radius 3 is 2.62 bits per heavy atom. The number of hydrogen-bond acceptors (Lipinski definition) is 3. The lowest BCUT2D eigenvalue weighted by atomic mass is 10.1. The minimum Gasteiger partial charge on any atom is -0.496 e. The molecule has 0 bridgehead atoms. The number of nitrogens with one attached hydrogen (secondary N) is 1. The average Bonchev–Trinajstić information content (AvgIpc) is 2.01. The quantitative estimate of drug-likeness (QED) is 0.689. The zero-order chi connectivity index (χ0) is 10.0. The molecule has 1 heterocycles. The zero-order valence-corrected chi connectivity index (χ0v) is 7.80. The van der Waals surface area contributed by atoms with Gasteiger partial charge in [-0.1, -0.05) is 0 Å². The number of aryl methyl sites for hydroxylation is 1.